The van der Waals surface area contributed by atoms with Crippen molar-refractivity contribution in [3.05, 3.63) is 29.8 Å². The zero-order valence-corrected chi connectivity index (χ0v) is 11.7. The summed E-state index contributed by atoms with van der Waals surface area (Å²) in [4.78, 5) is 0.401. The minimum atomic E-state index is -3.30. The summed E-state index contributed by atoms with van der Waals surface area (Å²) in [5.74, 6) is 0.426. The first-order chi connectivity index (χ1) is 8.54. The van der Waals surface area contributed by atoms with E-state index in [1.807, 2.05) is 26.1 Å². The van der Waals surface area contributed by atoms with Gasteiger partial charge in [0.25, 0.3) is 0 Å². The van der Waals surface area contributed by atoms with Gasteiger partial charge in [0.2, 0.25) is 10.0 Å². The zero-order valence-electron chi connectivity index (χ0n) is 10.9. The summed E-state index contributed by atoms with van der Waals surface area (Å²) in [5.41, 5.74) is 1.07. The molecule has 1 aromatic carbocycles. The molecule has 0 radical (unpaired) electrons. The minimum Gasteiger partial charge on any atom is -0.319 e. The van der Waals surface area contributed by atoms with Crippen molar-refractivity contribution in [3.63, 3.8) is 0 Å². The number of aryl methyl sites for hydroxylation is 1. The average Bonchev–Trinajstić information content (AvgIpc) is 2.79. The SMILES string of the molecule is CNC[C@H]1CCN(S(=O)(=O)c2ccc(C)cc2)C1. The van der Waals surface area contributed by atoms with Crippen molar-refractivity contribution in [3.8, 4) is 0 Å². The summed E-state index contributed by atoms with van der Waals surface area (Å²) in [5, 5.41) is 3.11. The van der Waals surface area contributed by atoms with Crippen molar-refractivity contribution in [2.45, 2.75) is 18.2 Å². The van der Waals surface area contributed by atoms with Crippen LogP contribution in [0.4, 0.5) is 0 Å². The Kier molecular flexibility index (Phi) is 4.04. The van der Waals surface area contributed by atoms with Gasteiger partial charge in [0.05, 0.1) is 4.90 Å². The van der Waals surface area contributed by atoms with Crippen LogP contribution in [0.15, 0.2) is 29.2 Å². The summed E-state index contributed by atoms with van der Waals surface area (Å²) in [6.07, 6.45) is 0.936. The molecule has 1 aliphatic heterocycles. The van der Waals surface area contributed by atoms with E-state index >= 15 is 0 Å². The Labute approximate surface area is 109 Å². The van der Waals surface area contributed by atoms with Crippen molar-refractivity contribution >= 4 is 10.0 Å². The summed E-state index contributed by atoms with van der Waals surface area (Å²) in [6.45, 7) is 4.08. The molecule has 2 rings (SSSR count). The van der Waals surface area contributed by atoms with Gasteiger partial charge in [-0.3, -0.25) is 0 Å². The van der Waals surface area contributed by atoms with Crippen LogP contribution in [0, 0.1) is 12.8 Å². The molecule has 18 heavy (non-hydrogen) atoms. The van der Waals surface area contributed by atoms with Gasteiger partial charge in [-0.1, -0.05) is 17.7 Å². The normalized spacial score (nSPS) is 21.3. The lowest BCUT2D eigenvalue weighted by Gasteiger charge is -2.16. The van der Waals surface area contributed by atoms with Crippen molar-refractivity contribution < 1.29 is 8.42 Å². The molecule has 4 nitrogen and oxygen atoms in total. The lowest BCUT2D eigenvalue weighted by molar-refractivity contribution is 0.451. The highest BCUT2D eigenvalue weighted by Gasteiger charge is 2.31. The fraction of sp³-hybridized carbons (Fsp3) is 0.538. The Bertz CT molecular complexity index is 496. The molecule has 100 valence electrons. The predicted octanol–water partition coefficient (Wildman–Crippen LogP) is 1.23. The molecule has 0 amide bonds. The molecule has 0 bridgehead atoms. The highest BCUT2D eigenvalue weighted by molar-refractivity contribution is 7.89. The second kappa shape index (κ2) is 5.38. The number of sulfonamides is 1. The van der Waals surface area contributed by atoms with E-state index in [-0.39, 0.29) is 0 Å². The Hall–Kier alpha value is -0.910. The first-order valence-electron chi connectivity index (χ1n) is 6.25. The topological polar surface area (TPSA) is 49.4 Å². The van der Waals surface area contributed by atoms with Crippen LogP contribution < -0.4 is 5.32 Å². The molecule has 1 fully saturated rings. The lowest BCUT2D eigenvalue weighted by Crippen LogP contribution is -2.30. The fourth-order valence-corrected chi connectivity index (χ4v) is 3.86. The largest absolute Gasteiger partial charge is 0.319 e. The second-order valence-electron chi connectivity index (χ2n) is 4.89. The van der Waals surface area contributed by atoms with E-state index in [2.05, 4.69) is 5.32 Å². The molecule has 1 atom stereocenters. The Balaban J connectivity index is 2.15. The first-order valence-corrected chi connectivity index (χ1v) is 7.69. The Morgan fingerprint density at radius 3 is 2.61 bits per heavy atom. The van der Waals surface area contributed by atoms with Gasteiger partial charge in [-0.15, -0.1) is 0 Å². The van der Waals surface area contributed by atoms with Gasteiger partial charge in [-0.25, -0.2) is 8.42 Å². The van der Waals surface area contributed by atoms with E-state index in [1.165, 1.54) is 0 Å². The van der Waals surface area contributed by atoms with Gasteiger partial charge in [0, 0.05) is 13.1 Å². The smallest absolute Gasteiger partial charge is 0.243 e. The maximum Gasteiger partial charge on any atom is 0.243 e. The molecule has 0 spiro atoms. The maximum atomic E-state index is 12.4. The Morgan fingerprint density at radius 2 is 2.00 bits per heavy atom. The zero-order chi connectivity index (χ0) is 13.2. The highest BCUT2D eigenvalue weighted by Crippen LogP contribution is 2.24. The van der Waals surface area contributed by atoms with Gasteiger partial charge in [-0.2, -0.15) is 4.31 Å². The van der Waals surface area contributed by atoms with Gasteiger partial charge < -0.3 is 5.32 Å². The fourth-order valence-electron chi connectivity index (χ4n) is 2.33. The number of nitrogens with zero attached hydrogens (tertiary/aromatic N) is 1. The third kappa shape index (κ3) is 2.74. The summed E-state index contributed by atoms with van der Waals surface area (Å²) >= 11 is 0. The Morgan fingerprint density at radius 1 is 1.33 bits per heavy atom. The van der Waals surface area contributed by atoms with Crippen molar-refractivity contribution in [1.29, 1.82) is 0 Å². The van der Waals surface area contributed by atoms with E-state index < -0.39 is 10.0 Å². The van der Waals surface area contributed by atoms with E-state index in [4.69, 9.17) is 0 Å². The molecule has 1 saturated heterocycles. The number of hydrogen-bond donors (Lipinski definition) is 1. The molecule has 0 aromatic heterocycles. The molecule has 1 heterocycles. The summed E-state index contributed by atoms with van der Waals surface area (Å²) in [7, 11) is -1.40. The lowest BCUT2D eigenvalue weighted by atomic mass is 10.1. The number of rotatable bonds is 4. The van der Waals surface area contributed by atoms with Gasteiger partial charge in [0.1, 0.15) is 0 Å². The second-order valence-corrected chi connectivity index (χ2v) is 6.83. The van der Waals surface area contributed by atoms with Crippen molar-refractivity contribution in [2.75, 3.05) is 26.7 Å². The highest BCUT2D eigenvalue weighted by atomic mass is 32.2. The summed E-state index contributed by atoms with van der Waals surface area (Å²) in [6, 6.07) is 7.06. The number of nitrogens with one attached hydrogen (secondary N) is 1. The monoisotopic (exact) mass is 268 g/mol. The molecule has 1 aromatic rings. The average molecular weight is 268 g/mol. The third-order valence-electron chi connectivity index (χ3n) is 3.40. The van der Waals surface area contributed by atoms with E-state index in [0.29, 0.717) is 23.9 Å². The molecular weight excluding hydrogens is 248 g/mol. The molecule has 1 aliphatic rings. The van der Waals surface area contributed by atoms with Crippen LogP contribution in [0.3, 0.4) is 0 Å². The number of hydrogen-bond acceptors (Lipinski definition) is 3. The van der Waals surface area contributed by atoms with Crippen molar-refractivity contribution in [2.24, 2.45) is 5.92 Å². The number of benzene rings is 1. The molecule has 1 N–H and O–H groups in total. The van der Waals surface area contributed by atoms with Crippen LogP contribution >= 0.6 is 0 Å². The van der Waals surface area contributed by atoms with E-state index in [9.17, 15) is 8.42 Å². The van der Waals surface area contributed by atoms with Crippen LogP contribution in [0.5, 0.6) is 0 Å². The van der Waals surface area contributed by atoms with Crippen LogP contribution in [0.1, 0.15) is 12.0 Å². The quantitative estimate of drug-likeness (QED) is 0.893. The van der Waals surface area contributed by atoms with Gasteiger partial charge in [-0.05, 0) is 45.0 Å². The maximum absolute atomic E-state index is 12.4. The van der Waals surface area contributed by atoms with Gasteiger partial charge in [0.15, 0.2) is 0 Å². The molecule has 5 heteroatoms. The van der Waals surface area contributed by atoms with Crippen molar-refractivity contribution in [1.82, 2.24) is 9.62 Å². The third-order valence-corrected chi connectivity index (χ3v) is 5.28. The van der Waals surface area contributed by atoms with Crippen LogP contribution in [-0.2, 0) is 10.0 Å². The van der Waals surface area contributed by atoms with E-state index in [1.54, 1.807) is 16.4 Å². The molecule has 0 saturated carbocycles. The van der Waals surface area contributed by atoms with E-state index in [0.717, 1.165) is 18.5 Å². The molecular formula is C13H20N2O2S. The molecule has 0 aliphatic carbocycles. The first kappa shape index (κ1) is 13.5. The molecule has 0 unspecified atom stereocenters. The van der Waals surface area contributed by atoms with Crippen LogP contribution in [0.2, 0.25) is 0 Å². The van der Waals surface area contributed by atoms with Gasteiger partial charge >= 0.3 is 0 Å². The predicted molar refractivity (Wildman–Crippen MR) is 72.0 cm³/mol. The van der Waals surface area contributed by atoms with Crippen LogP contribution in [-0.4, -0.2) is 39.4 Å². The van der Waals surface area contributed by atoms with Crippen LogP contribution in [0.25, 0.3) is 0 Å². The minimum absolute atomic E-state index is 0.401. The standard InChI is InChI=1S/C13H20N2O2S/c1-11-3-5-13(6-4-11)18(16,17)15-8-7-12(10-15)9-14-2/h3-6,12,14H,7-10H2,1-2H3/t12-/m1/s1. The summed E-state index contributed by atoms with van der Waals surface area (Å²) < 4.78 is 26.4.